The zero-order valence-corrected chi connectivity index (χ0v) is 12.6. The minimum Gasteiger partial charge on any atom is -0.348 e. The molecule has 0 saturated heterocycles. The number of hydrogen-bond donors (Lipinski definition) is 2. The van der Waals surface area contributed by atoms with Crippen molar-refractivity contribution >= 4 is 61.6 Å². The van der Waals surface area contributed by atoms with Crippen LogP contribution in [0.15, 0.2) is 0 Å². The maximum Gasteiger partial charge on any atom is 0.179 e. The fourth-order valence-electron chi connectivity index (χ4n) is 0.942. The predicted molar refractivity (Wildman–Crippen MR) is 76.6 cm³/mol. The second kappa shape index (κ2) is 6.94. The van der Waals surface area contributed by atoms with Crippen LogP contribution in [0.3, 0.4) is 0 Å². The van der Waals surface area contributed by atoms with Crippen LogP contribution in [-0.2, 0) is 4.74 Å². The Morgan fingerprint density at radius 2 is 2.15 bits per heavy atom. The van der Waals surface area contributed by atoms with Crippen LogP contribution in [0.25, 0.3) is 0 Å². The molecular formula is C7H14I2N2OS. The van der Waals surface area contributed by atoms with Crippen molar-refractivity contribution < 1.29 is 4.74 Å². The zero-order valence-electron chi connectivity index (χ0n) is 7.43. The second-order valence-corrected chi connectivity index (χ2v) is 6.39. The van der Waals surface area contributed by atoms with Crippen LogP contribution in [0, 0.1) is 5.92 Å². The molecule has 0 radical (unpaired) electrons. The third-order valence-corrected chi connectivity index (χ3v) is 4.58. The number of halogens is 2. The highest BCUT2D eigenvalue weighted by atomic mass is 127. The van der Waals surface area contributed by atoms with Gasteiger partial charge >= 0.3 is 0 Å². The van der Waals surface area contributed by atoms with E-state index < -0.39 is 0 Å². The summed E-state index contributed by atoms with van der Waals surface area (Å²) >= 11 is 4.17. The molecular weight excluding hydrogens is 414 g/mol. The molecule has 0 saturated carbocycles. The van der Waals surface area contributed by atoms with Crippen molar-refractivity contribution in [2.75, 3.05) is 18.1 Å². The summed E-state index contributed by atoms with van der Waals surface area (Å²) in [7, 11) is 0.636. The molecule has 1 rings (SSSR count). The molecule has 0 aromatic heterocycles. The van der Waals surface area contributed by atoms with Gasteiger partial charge in [-0.2, -0.15) is 10.5 Å². The van der Waals surface area contributed by atoms with E-state index >= 15 is 0 Å². The highest BCUT2D eigenvalue weighted by molar-refractivity contribution is 14.1. The molecule has 2 unspecified atom stereocenters. The fraction of sp³-hybridized carbons (Fsp3) is 0.857. The van der Waals surface area contributed by atoms with Crippen molar-refractivity contribution in [2.45, 2.75) is 13.3 Å². The summed E-state index contributed by atoms with van der Waals surface area (Å²) < 4.78 is 11.6. The van der Waals surface area contributed by atoms with E-state index in [1.807, 2.05) is 0 Å². The average Bonchev–Trinajstić information content (AvgIpc) is 2.90. The van der Waals surface area contributed by atoms with Gasteiger partial charge in [-0.05, 0) is 11.7 Å². The minimum absolute atomic E-state index is 0.0323. The van der Waals surface area contributed by atoms with E-state index in [9.17, 15) is 0 Å². The van der Waals surface area contributed by atoms with E-state index in [1.54, 1.807) is 0 Å². The van der Waals surface area contributed by atoms with Gasteiger partial charge in [0.2, 0.25) is 0 Å². The van der Waals surface area contributed by atoms with Crippen molar-refractivity contribution in [1.29, 1.82) is 0 Å². The Balaban J connectivity index is 2.05. The van der Waals surface area contributed by atoms with Gasteiger partial charge in [0.05, 0.1) is 6.61 Å². The smallest absolute Gasteiger partial charge is 0.179 e. The predicted octanol–water partition coefficient (Wildman–Crippen LogP) is 1.89. The van der Waals surface area contributed by atoms with E-state index in [0.29, 0.717) is 16.4 Å². The number of nitrogens with one attached hydrogen (secondary N) is 2. The lowest BCUT2D eigenvalue weighted by Crippen LogP contribution is -2.35. The maximum atomic E-state index is 5.58. The van der Waals surface area contributed by atoms with Crippen LogP contribution in [-0.4, -0.2) is 29.8 Å². The molecule has 3 nitrogen and oxygen atoms in total. The lowest BCUT2D eigenvalue weighted by Gasteiger charge is -2.16. The van der Waals surface area contributed by atoms with Crippen LogP contribution >= 0.6 is 56.2 Å². The first-order valence-corrected chi connectivity index (χ1v) is 7.88. The second-order valence-electron chi connectivity index (χ2n) is 3.07. The van der Waals surface area contributed by atoms with Gasteiger partial charge in [-0.25, -0.2) is 7.06 Å². The summed E-state index contributed by atoms with van der Waals surface area (Å²) in [5.41, 5.74) is 0. The van der Waals surface area contributed by atoms with Crippen LogP contribution in [0.4, 0.5) is 0 Å². The summed E-state index contributed by atoms with van der Waals surface area (Å²) in [6.45, 7) is 3.07. The van der Waals surface area contributed by atoms with E-state index in [4.69, 9.17) is 4.74 Å². The molecule has 78 valence electrons. The van der Waals surface area contributed by atoms with Gasteiger partial charge in [-0.3, -0.25) is 0 Å². The summed E-state index contributed by atoms with van der Waals surface area (Å²) in [4.78, 5) is 0. The molecule has 2 atom stereocenters. The van der Waals surface area contributed by atoms with Crippen LogP contribution in [0.1, 0.15) is 6.92 Å². The van der Waals surface area contributed by atoms with Gasteiger partial charge in [0.25, 0.3) is 0 Å². The maximum absolute atomic E-state index is 5.58. The Labute approximate surface area is 110 Å². The van der Waals surface area contributed by atoms with Crippen molar-refractivity contribution in [3.63, 3.8) is 0 Å². The summed E-state index contributed by atoms with van der Waals surface area (Å²) in [5, 5.41) is 2.39. The molecule has 2 N–H and O–H groups in total. The van der Waals surface area contributed by atoms with E-state index in [0.717, 1.165) is 6.61 Å². The van der Waals surface area contributed by atoms with E-state index in [-0.39, 0.29) is 6.35 Å². The summed E-state index contributed by atoms with van der Waals surface area (Å²) in [6.07, 6.45) is -0.0323. The summed E-state index contributed by atoms with van der Waals surface area (Å²) in [6, 6.07) is 0. The average molecular weight is 428 g/mol. The Hall–Kier alpha value is 1.56. The van der Waals surface area contributed by atoms with Crippen LogP contribution < -0.4 is 7.06 Å². The number of hydrogen-bond acceptors (Lipinski definition) is 3. The van der Waals surface area contributed by atoms with E-state index in [1.165, 1.54) is 11.5 Å². The first kappa shape index (κ1) is 12.6. The van der Waals surface area contributed by atoms with Crippen molar-refractivity contribution in [3.8, 4) is 0 Å². The third-order valence-electron chi connectivity index (χ3n) is 1.65. The first-order valence-electron chi connectivity index (χ1n) is 4.09. The van der Waals surface area contributed by atoms with Gasteiger partial charge in [0, 0.05) is 51.5 Å². The van der Waals surface area contributed by atoms with Gasteiger partial charge < -0.3 is 4.74 Å². The quantitative estimate of drug-likeness (QED) is 0.282. The van der Waals surface area contributed by atoms with Gasteiger partial charge in [-0.1, -0.05) is 12.3 Å². The normalized spacial score (nSPS) is 22.9. The highest BCUT2D eigenvalue weighted by Gasteiger charge is 2.12. The van der Waals surface area contributed by atoms with Crippen molar-refractivity contribution in [2.24, 2.45) is 5.92 Å². The Morgan fingerprint density at radius 1 is 1.54 bits per heavy atom. The topological polar surface area (TPSA) is 33.3 Å². The molecule has 6 heteroatoms. The molecule has 1 aliphatic rings. The largest absolute Gasteiger partial charge is 0.348 e. The molecule has 0 spiro atoms. The lowest BCUT2D eigenvalue weighted by atomic mass is 10.2. The minimum atomic E-state index is -0.0323. The monoisotopic (exact) mass is 428 g/mol. The third kappa shape index (κ3) is 5.88. The lowest BCUT2D eigenvalue weighted by molar-refractivity contribution is 0.0326. The first-order chi connectivity index (χ1) is 6.26. The van der Waals surface area contributed by atoms with E-state index in [2.05, 4.69) is 65.1 Å². The van der Waals surface area contributed by atoms with Gasteiger partial charge in [-0.15, -0.1) is 0 Å². The zero-order chi connectivity index (χ0) is 9.68. The molecule has 0 aliphatic carbocycles. The molecule has 0 aromatic carbocycles. The van der Waals surface area contributed by atoms with Crippen molar-refractivity contribution in [3.05, 3.63) is 0 Å². The van der Waals surface area contributed by atoms with Gasteiger partial charge in [0.1, 0.15) is 0 Å². The Bertz CT molecular complexity index is 187. The molecule has 0 amide bonds. The number of ether oxygens (including phenoxy) is 1. The molecule has 0 bridgehead atoms. The SMILES string of the molecule is CC(COC(NI)NI)CS1=CC1. The standard InChI is InChI=1S/C7H14I2N2OS/c1-6(5-13-2-3-13)4-12-7(10-8)11-9/h2,6-7,10-11H,3-5H2,1H3. The fourth-order valence-corrected chi connectivity index (χ4v) is 3.69. The van der Waals surface area contributed by atoms with Gasteiger partial charge in [0.15, 0.2) is 6.35 Å². The molecule has 0 aromatic rings. The van der Waals surface area contributed by atoms with Crippen LogP contribution in [0.2, 0.25) is 0 Å². The highest BCUT2D eigenvalue weighted by Crippen LogP contribution is 2.25. The Kier molecular flexibility index (Phi) is 6.74. The summed E-state index contributed by atoms with van der Waals surface area (Å²) in [5.74, 6) is 3.30. The molecule has 0 fully saturated rings. The van der Waals surface area contributed by atoms with Crippen LogP contribution in [0.5, 0.6) is 0 Å². The molecule has 13 heavy (non-hydrogen) atoms. The number of rotatable bonds is 7. The molecule has 1 aliphatic heterocycles. The molecule has 1 heterocycles. The Morgan fingerprint density at radius 3 is 2.62 bits per heavy atom. The van der Waals surface area contributed by atoms with Crippen molar-refractivity contribution in [1.82, 2.24) is 7.06 Å².